The number of likely N-dealkylation sites (tertiary alicyclic amines) is 1. The molecule has 1 heterocycles. The van der Waals surface area contributed by atoms with Gasteiger partial charge in [0.2, 0.25) is 0 Å². The monoisotopic (exact) mass is 294 g/mol. The number of benzene rings is 1. The molecule has 114 valence electrons. The molecule has 1 atom stereocenters. The third kappa shape index (κ3) is 3.69. The maximum atomic E-state index is 10.9. The second-order valence-corrected chi connectivity index (χ2v) is 5.18. The van der Waals surface area contributed by atoms with Crippen LogP contribution in [0, 0.1) is 10.1 Å². The molecular weight excluding hydrogens is 276 g/mol. The summed E-state index contributed by atoms with van der Waals surface area (Å²) >= 11 is 0. The molecule has 7 nitrogen and oxygen atoms in total. The number of carboxylic acid groups (broad SMARTS) is 1. The van der Waals surface area contributed by atoms with Crippen LogP contribution in [0.15, 0.2) is 18.2 Å². The molecule has 7 heteroatoms. The first-order chi connectivity index (χ1) is 9.99. The molecule has 0 bridgehead atoms. The minimum absolute atomic E-state index is 0.289. The third-order valence-corrected chi connectivity index (χ3v) is 3.76. The molecular formula is C14H18N2O5. The van der Waals surface area contributed by atoms with Crippen molar-refractivity contribution in [2.75, 3.05) is 20.2 Å². The minimum Gasteiger partial charge on any atom is -0.492 e. The van der Waals surface area contributed by atoms with E-state index < -0.39 is 16.6 Å². The summed E-state index contributed by atoms with van der Waals surface area (Å²) in [5.74, 6) is -0.995. The summed E-state index contributed by atoms with van der Waals surface area (Å²) in [6, 6.07) is 4.13. The first kappa shape index (κ1) is 15.2. The van der Waals surface area contributed by atoms with Crippen LogP contribution in [0.4, 0.5) is 5.69 Å². The molecule has 1 fully saturated rings. The van der Waals surface area contributed by atoms with Gasteiger partial charge in [0.05, 0.1) is 11.0 Å². The van der Waals surface area contributed by atoms with Gasteiger partial charge in [0, 0.05) is 6.04 Å². The Kier molecular flexibility index (Phi) is 4.74. The zero-order chi connectivity index (χ0) is 15.4. The van der Waals surface area contributed by atoms with E-state index in [9.17, 15) is 14.9 Å². The molecule has 1 saturated heterocycles. The average molecular weight is 294 g/mol. The van der Waals surface area contributed by atoms with Gasteiger partial charge in [-0.2, -0.15) is 0 Å². The Hall–Kier alpha value is -2.15. The van der Waals surface area contributed by atoms with Crippen molar-refractivity contribution in [2.24, 2.45) is 0 Å². The van der Waals surface area contributed by atoms with Gasteiger partial charge in [-0.15, -0.1) is 0 Å². The molecule has 0 aliphatic carbocycles. The number of carbonyl (C=O) groups is 1. The summed E-state index contributed by atoms with van der Waals surface area (Å²) in [4.78, 5) is 23.4. The van der Waals surface area contributed by atoms with Crippen LogP contribution in [0.25, 0.3) is 0 Å². The second-order valence-electron chi connectivity index (χ2n) is 5.18. The van der Waals surface area contributed by atoms with Crippen LogP contribution in [0.3, 0.4) is 0 Å². The third-order valence-electron chi connectivity index (χ3n) is 3.76. The molecule has 2 rings (SSSR count). The molecule has 1 aliphatic rings. The number of likely N-dealkylation sites (N-methyl/N-ethyl adjacent to an activating group) is 1. The lowest BCUT2D eigenvalue weighted by Crippen LogP contribution is -2.40. The van der Waals surface area contributed by atoms with E-state index in [-0.39, 0.29) is 11.6 Å². The molecule has 0 aromatic heterocycles. The number of hydrogen-bond acceptors (Lipinski definition) is 5. The second kappa shape index (κ2) is 6.53. The lowest BCUT2D eigenvalue weighted by atomic mass is 10.0. The van der Waals surface area contributed by atoms with Crippen molar-refractivity contribution in [2.45, 2.75) is 25.3 Å². The quantitative estimate of drug-likeness (QED) is 0.660. The van der Waals surface area contributed by atoms with Gasteiger partial charge in [-0.05, 0) is 38.6 Å². The number of nitrogens with zero attached hydrogens (tertiary/aromatic N) is 2. The Balaban J connectivity index is 2.08. The Morgan fingerprint density at radius 1 is 1.52 bits per heavy atom. The number of nitro groups is 1. The van der Waals surface area contributed by atoms with Crippen LogP contribution in [0.5, 0.6) is 5.75 Å². The summed E-state index contributed by atoms with van der Waals surface area (Å²) in [7, 11) is 2.03. The summed E-state index contributed by atoms with van der Waals surface area (Å²) in [5.41, 5.74) is -0.779. The smallest absolute Gasteiger partial charge is 0.342 e. The van der Waals surface area contributed by atoms with Gasteiger partial charge >= 0.3 is 5.97 Å². The van der Waals surface area contributed by atoms with Crippen LogP contribution < -0.4 is 4.74 Å². The van der Waals surface area contributed by atoms with E-state index in [1.807, 2.05) is 7.05 Å². The van der Waals surface area contributed by atoms with Crippen LogP contribution in [0.1, 0.15) is 29.6 Å². The maximum absolute atomic E-state index is 10.9. The number of hydrogen-bond donors (Lipinski definition) is 1. The fraction of sp³-hybridized carbons (Fsp3) is 0.500. The first-order valence-electron chi connectivity index (χ1n) is 6.84. The van der Waals surface area contributed by atoms with Gasteiger partial charge in [-0.3, -0.25) is 10.1 Å². The van der Waals surface area contributed by atoms with E-state index in [2.05, 4.69) is 4.90 Å². The van der Waals surface area contributed by atoms with Crippen molar-refractivity contribution < 1.29 is 19.6 Å². The standard InChI is InChI=1S/C14H18N2O5/c1-15-7-3-2-4-10(15)9-21-11-5-6-12(14(17)18)13(8-11)16(19)20/h5-6,8,10H,2-4,7,9H2,1H3,(H,17,18). The highest BCUT2D eigenvalue weighted by atomic mass is 16.6. The number of aromatic carboxylic acids is 1. The van der Waals surface area contributed by atoms with E-state index in [0.717, 1.165) is 19.4 Å². The molecule has 0 saturated carbocycles. The van der Waals surface area contributed by atoms with Gasteiger partial charge < -0.3 is 14.7 Å². The normalized spacial score (nSPS) is 19.2. The Labute approximate surface area is 122 Å². The Bertz CT molecular complexity index is 546. The van der Waals surface area contributed by atoms with Crippen LogP contribution in [-0.2, 0) is 0 Å². The maximum Gasteiger partial charge on any atom is 0.342 e. The molecule has 21 heavy (non-hydrogen) atoms. The topological polar surface area (TPSA) is 92.9 Å². The summed E-state index contributed by atoms with van der Waals surface area (Å²) in [6.45, 7) is 1.46. The molecule has 1 N–H and O–H groups in total. The van der Waals surface area contributed by atoms with Crippen molar-refractivity contribution in [1.82, 2.24) is 4.90 Å². The first-order valence-corrected chi connectivity index (χ1v) is 6.84. The average Bonchev–Trinajstić information content (AvgIpc) is 2.46. The summed E-state index contributed by atoms with van der Waals surface area (Å²) < 4.78 is 5.60. The Morgan fingerprint density at radius 3 is 2.90 bits per heavy atom. The number of piperidine rings is 1. The van der Waals surface area contributed by atoms with Gasteiger partial charge in [-0.25, -0.2) is 4.79 Å². The highest BCUT2D eigenvalue weighted by Crippen LogP contribution is 2.25. The summed E-state index contributed by atoms with van der Waals surface area (Å²) in [6.07, 6.45) is 3.36. The van der Waals surface area contributed by atoms with Gasteiger partial charge in [-0.1, -0.05) is 6.42 Å². The van der Waals surface area contributed by atoms with Crippen molar-refractivity contribution in [1.29, 1.82) is 0 Å². The van der Waals surface area contributed by atoms with E-state index in [0.29, 0.717) is 12.4 Å². The largest absolute Gasteiger partial charge is 0.492 e. The predicted octanol–water partition coefficient (Wildman–Crippen LogP) is 2.16. The minimum atomic E-state index is -1.32. The van der Waals surface area contributed by atoms with E-state index >= 15 is 0 Å². The van der Waals surface area contributed by atoms with Gasteiger partial charge in [0.25, 0.3) is 5.69 Å². The molecule has 1 unspecified atom stereocenters. The molecule has 1 aliphatic heterocycles. The number of ether oxygens (including phenoxy) is 1. The fourth-order valence-electron chi connectivity index (χ4n) is 2.48. The Morgan fingerprint density at radius 2 is 2.29 bits per heavy atom. The molecule has 1 aromatic rings. The van der Waals surface area contributed by atoms with Crippen LogP contribution in [0.2, 0.25) is 0 Å². The molecule has 1 aromatic carbocycles. The van der Waals surface area contributed by atoms with Gasteiger partial charge in [0.15, 0.2) is 0 Å². The highest BCUT2D eigenvalue weighted by molar-refractivity contribution is 5.92. The van der Waals surface area contributed by atoms with Gasteiger partial charge in [0.1, 0.15) is 17.9 Å². The van der Waals surface area contributed by atoms with Crippen molar-refractivity contribution >= 4 is 11.7 Å². The van der Waals surface area contributed by atoms with E-state index in [1.165, 1.54) is 24.6 Å². The lowest BCUT2D eigenvalue weighted by Gasteiger charge is -2.32. The van der Waals surface area contributed by atoms with Crippen molar-refractivity contribution in [3.63, 3.8) is 0 Å². The number of rotatable bonds is 5. The SMILES string of the molecule is CN1CCCCC1COc1ccc(C(=O)O)c([N+](=O)[O-])c1. The molecule has 0 amide bonds. The summed E-state index contributed by atoms with van der Waals surface area (Å²) in [5, 5.41) is 19.8. The van der Waals surface area contributed by atoms with Crippen LogP contribution in [-0.4, -0.2) is 47.1 Å². The molecule has 0 radical (unpaired) electrons. The van der Waals surface area contributed by atoms with Crippen molar-refractivity contribution in [3.8, 4) is 5.75 Å². The van der Waals surface area contributed by atoms with E-state index in [4.69, 9.17) is 9.84 Å². The molecule has 0 spiro atoms. The fourth-order valence-corrected chi connectivity index (χ4v) is 2.48. The highest BCUT2D eigenvalue weighted by Gasteiger charge is 2.22. The zero-order valence-electron chi connectivity index (χ0n) is 11.8. The van der Waals surface area contributed by atoms with Crippen molar-refractivity contribution in [3.05, 3.63) is 33.9 Å². The number of nitro benzene ring substituents is 1. The number of carboxylic acids is 1. The lowest BCUT2D eigenvalue weighted by molar-refractivity contribution is -0.385. The zero-order valence-corrected chi connectivity index (χ0v) is 11.8. The predicted molar refractivity (Wildman–Crippen MR) is 75.8 cm³/mol. The van der Waals surface area contributed by atoms with E-state index in [1.54, 1.807) is 0 Å². The van der Waals surface area contributed by atoms with Crippen LogP contribution >= 0.6 is 0 Å².